The van der Waals surface area contributed by atoms with Crippen LogP contribution in [-0.2, 0) is 18.6 Å². The molecule has 2 aliphatic rings. The van der Waals surface area contributed by atoms with Gasteiger partial charge in [-0.25, -0.2) is 63.0 Å². The van der Waals surface area contributed by atoms with E-state index < -0.39 is 48.3 Å². The third-order valence-corrected chi connectivity index (χ3v) is 189. The molecular formula is C110H88B2Cl3F3I6N10O4. The summed E-state index contributed by atoms with van der Waals surface area (Å²) < 4.78 is 66.4. The molecule has 2 aliphatic heterocycles. The molecule has 7 heterocycles. The number of rotatable bonds is 16. The molecule has 2 fully saturated rings. The Morgan fingerprint density at radius 2 is 0.464 bits per heavy atom. The standard InChI is InChI=1S/C38H25FN4.C22H23BN2O2.C22H14ClFN2.C16H11ClN2.C12H15BClFO2.I6/c39-32-22-21-30(38-41-33(26-13-5-1-6-14-26)24-34(42-38)27-15-7-2-8-16-27)23-31(32)36-25-35(28-17-9-3-10-18-28)40-37(43-36)29-19-11-4-12-20-29;1-21(2)22(3,4)27-23(26-21)19-15-18(16-11-7-5-8-12-16)24-20(25-19)17-13-9-6-10-14-17;23-18-13-17(11-12-19(18)24)22-25-20(15-7-3-1-4-8-15)14-21(26-22)16-9-5-2-6-10-16;17-16-18-14(12-7-3-1-4-8-12)11-15(19-16)13-9-5-2-6-10-13;1-11(2)12(3,4)17-13(16-11)8-5-6-10(15)9(14)7-8;1-5(2)6(3)4/h1-25H;5-15H,1-4H3;1-14H;1-11H;5-7H,1-4H3;. The van der Waals surface area contributed by atoms with E-state index in [0.717, 1.165) is 107 Å². The van der Waals surface area contributed by atoms with Crippen molar-refractivity contribution in [2.75, 3.05) is 0 Å². The Bertz CT molecular complexity index is 6820. The summed E-state index contributed by atoms with van der Waals surface area (Å²) in [4.78, 5) is 47.0. The van der Waals surface area contributed by atoms with Gasteiger partial charge in [-0.05, 0) is 151 Å². The van der Waals surface area contributed by atoms with E-state index in [1.807, 2.05) is 389 Å². The molecular weight excluding hydrogens is 2470 g/mol. The zero-order valence-corrected chi connectivity index (χ0v) is 91.0. The number of aromatic nitrogens is 10. The molecule has 0 aliphatic carbocycles. The van der Waals surface area contributed by atoms with Crippen molar-refractivity contribution in [2.45, 2.75) is 77.8 Å². The minimum atomic E-state index is -0.525. The van der Waals surface area contributed by atoms with Gasteiger partial charge >= 0.3 is 104 Å². The molecule has 0 bridgehead atoms. The molecule has 0 spiro atoms. The molecule has 0 saturated carbocycles. The Balaban J connectivity index is 0.000000134. The van der Waals surface area contributed by atoms with E-state index in [0.29, 0.717) is 51.4 Å². The molecule has 14 nitrogen and oxygen atoms in total. The van der Waals surface area contributed by atoms with Crippen molar-refractivity contribution in [1.82, 2.24) is 49.8 Å². The first-order chi connectivity index (χ1) is 66.5. The van der Waals surface area contributed by atoms with Crippen LogP contribution in [0.3, 0.4) is 0 Å². The van der Waals surface area contributed by atoms with Crippen LogP contribution in [0.25, 0.3) is 147 Å². The molecule has 0 amide bonds. The summed E-state index contributed by atoms with van der Waals surface area (Å²) in [6, 6.07) is 123. The van der Waals surface area contributed by atoms with Gasteiger partial charge in [-0.1, -0.05) is 333 Å². The molecule has 20 rings (SSSR count). The predicted molar refractivity (Wildman–Crippen MR) is 611 cm³/mol. The Morgan fingerprint density at radius 1 is 0.232 bits per heavy atom. The average Bonchev–Trinajstić information content (AvgIpc) is 1.62. The first-order valence-corrected chi connectivity index (χ1v) is 76.2. The summed E-state index contributed by atoms with van der Waals surface area (Å²) in [5, 5.41) is 0.398. The molecule has 5 aromatic heterocycles. The molecule has 28 heteroatoms. The van der Waals surface area contributed by atoms with Gasteiger partial charge in [-0.15, -0.1) is 0 Å². The second-order valence-electron chi connectivity index (χ2n) is 33.5. The van der Waals surface area contributed by atoms with E-state index in [1.54, 1.807) is 36.4 Å². The molecule has 13 aromatic carbocycles. The van der Waals surface area contributed by atoms with E-state index in [2.05, 4.69) is 94.4 Å². The van der Waals surface area contributed by atoms with E-state index >= 15 is 4.39 Å². The van der Waals surface area contributed by atoms with Crippen LogP contribution in [-0.4, -0.2) is 86.5 Å². The van der Waals surface area contributed by atoms with Crippen LogP contribution < -0.4 is 11.1 Å². The summed E-state index contributed by atoms with van der Waals surface area (Å²) in [6.45, 7) is 16.1. The number of hydrogen-bond donors (Lipinski definition) is 0. The fourth-order valence-corrected chi connectivity index (χ4v) is 14.9. The average molecular weight is 2560 g/mol. The fraction of sp³-hybridized carbons (Fsp3) is 0.109. The first-order valence-electron chi connectivity index (χ1n) is 43.6. The second-order valence-corrected chi connectivity index (χ2v) is 132. The maximum atomic E-state index is 15.6. The normalized spacial score (nSPS) is 13.6. The van der Waals surface area contributed by atoms with E-state index in [4.69, 9.17) is 83.3 Å². The summed E-state index contributed by atoms with van der Waals surface area (Å²) in [6.07, 6.45) is 0. The van der Waals surface area contributed by atoms with Gasteiger partial charge in [0.25, 0.3) is 0 Å². The van der Waals surface area contributed by atoms with Crippen LogP contribution in [0.2, 0.25) is 15.3 Å². The summed E-state index contributed by atoms with van der Waals surface area (Å²) in [5.74, 6) is 0.916. The number of hydrogen-bond acceptors (Lipinski definition) is 14. The zero-order valence-electron chi connectivity index (χ0n) is 75.7. The van der Waals surface area contributed by atoms with Gasteiger partial charge in [0.15, 0.2) is 23.3 Å². The Kier molecular flexibility index (Phi) is 35.5. The second kappa shape index (κ2) is 47.7. The van der Waals surface area contributed by atoms with Gasteiger partial charge in [0, 0.05) is 72.3 Å². The van der Waals surface area contributed by atoms with Crippen LogP contribution in [0, 0.1) is 17.5 Å². The van der Waals surface area contributed by atoms with Crippen LogP contribution in [0.5, 0.6) is 0 Å². The molecule has 0 radical (unpaired) electrons. The molecule has 0 atom stereocenters. The summed E-state index contributed by atoms with van der Waals surface area (Å²) in [7, 11) is -1.65. The van der Waals surface area contributed by atoms with Crippen molar-refractivity contribution < 1.29 is 31.8 Å². The Labute approximate surface area is 867 Å². The van der Waals surface area contributed by atoms with Crippen molar-refractivity contribution in [3.8, 4) is 147 Å². The third-order valence-electron chi connectivity index (χ3n) is 23.0. The Morgan fingerprint density at radius 3 is 0.761 bits per heavy atom. The molecule has 2 saturated heterocycles. The van der Waals surface area contributed by atoms with Crippen LogP contribution in [0.15, 0.2) is 388 Å². The first kappa shape index (κ1) is 103. The molecule has 138 heavy (non-hydrogen) atoms. The molecule has 692 valence electrons. The summed E-state index contributed by atoms with van der Waals surface area (Å²) >= 11 is 28.2. The Hall–Kier alpha value is -9.73. The van der Waals surface area contributed by atoms with Crippen molar-refractivity contribution in [1.29, 1.82) is 0 Å². The van der Waals surface area contributed by atoms with E-state index in [-0.39, 0.29) is 36.9 Å². The van der Waals surface area contributed by atoms with E-state index in [1.165, 1.54) is 18.2 Å². The van der Waals surface area contributed by atoms with Crippen LogP contribution in [0.1, 0.15) is 55.4 Å². The van der Waals surface area contributed by atoms with Gasteiger partial charge in [-0.3, -0.25) is 0 Å². The fourth-order valence-electron chi connectivity index (χ4n) is 14.3. The van der Waals surface area contributed by atoms with E-state index in [9.17, 15) is 8.78 Å². The van der Waals surface area contributed by atoms with Gasteiger partial charge in [0.2, 0.25) is 5.28 Å². The minimum absolute atomic E-state index is 0.0532. The molecule has 0 N–H and O–H groups in total. The van der Waals surface area contributed by atoms with Crippen LogP contribution in [0.4, 0.5) is 13.2 Å². The zero-order chi connectivity index (χ0) is 97.1. The SMILES string of the molecule is CC1(C)OB(c2cc(-c3ccccc3)nc(-c3ccccc3)n2)OC1(C)C.CC1(C)OB(c2ccc(F)c(Cl)c2)OC1(C)C.Clc1nc(-c2ccccc2)cc(-c2ccccc2)n1.Fc1ccc(-c2nc(-c3ccccc3)cc(-c3ccccc3)n2)cc1-c1cc(-c2ccccc2)nc(-c2ccccc2)n1.Fc1ccc(-c2nc(-c3ccccc3)cc(-c3ccccc3)n2)cc1Cl.II(I)I(I)I. The topological polar surface area (TPSA) is 166 Å². The third kappa shape index (κ3) is 26.9. The van der Waals surface area contributed by atoms with Gasteiger partial charge < -0.3 is 18.6 Å². The monoisotopic (exact) mass is 2560 g/mol. The maximum absolute atomic E-state index is 15.6. The van der Waals surface area contributed by atoms with Crippen molar-refractivity contribution in [2.24, 2.45) is 0 Å². The van der Waals surface area contributed by atoms with Crippen molar-refractivity contribution in [3.05, 3.63) is 421 Å². The van der Waals surface area contributed by atoms with Gasteiger partial charge in [0.1, 0.15) is 17.5 Å². The summed E-state index contributed by atoms with van der Waals surface area (Å²) in [5.41, 5.74) is 18.2. The van der Waals surface area contributed by atoms with Crippen LogP contribution >= 0.6 is 125 Å². The van der Waals surface area contributed by atoms with Gasteiger partial charge in [-0.2, -0.15) is 0 Å². The quantitative estimate of drug-likeness (QED) is 0.0509. The number of nitrogens with zero attached hydrogens (tertiary/aromatic N) is 10. The van der Waals surface area contributed by atoms with Crippen molar-refractivity contribution >= 4 is 150 Å². The molecule has 18 aromatic rings. The predicted octanol–water partition coefficient (Wildman–Crippen LogP) is 32.3. The van der Waals surface area contributed by atoms with Crippen molar-refractivity contribution in [3.63, 3.8) is 0 Å². The number of halogens is 12. The number of benzene rings is 13. The van der Waals surface area contributed by atoms with Gasteiger partial charge in [0.05, 0.1) is 89.3 Å². The molecule has 0 unspecified atom stereocenters.